The molecule has 1 fully saturated rings. The van der Waals surface area contributed by atoms with Crippen LogP contribution in [-0.2, 0) is 6.54 Å². The van der Waals surface area contributed by atoms with Crippen molar-refractivity contribution in [3.63, 3.8) is 0 Å². The number of aromatic nitrogens is 1. The minimum absolute atomic E-state index is 0.0407. The minimum Gasteiger partial charge on any atom is -0.371 e. The molecule has 4 nitrogen and oxygen atoms in total. The van der Waals surface area contributed by atoms with Crippen molar-refractivity contribution in [3.8, 4) is 11.3 Å². The average molecular weight is 438 g/mol. The molecule has 0 saturated carbocycles. The molecule has 168 valence electrons. The average Bonchev–Trinajstić information content (AvgIpc) is 3.27. The van der Waals surface area contributed by atoms with Gasteiger partial charge in [0.15, 0.2) is 0 Å². The van der Waals surface area contributed by atoms with Gasteiger partial charge in [-0.2, -0.15) is 0 Å². The molecule has 0 bridgehead atoms. The number of aromatic amines is 1. The lowest BCUT2D eigenvalue weighted by atomic mass is 9.82. The Morgan fingerprint density at radius 3 is 2.33 bits per heavy atom. The van der Waals surface area contributed by atoms with E-state index in [1.54, 1.807) is 0 Å². The van der Waals surface area contributed by atoms with Crippen LogP contribution in [-0.4, -0.2) is 24.0 Å². The van der Waals surface area contributed by atoms with Crippen molar-refractivity contribution in [1.29, 1.82) is 0 Å². The third-order valence-electron chi connectivity index (χ3n) is 6.86. The van der Waals surface area contributed by atoms with Gasteiger partial charge in [-0.25, -0.2) is 0 Å². The van der Waals surface area contributed by atoms with Gasteiger partial charge in [0.1, 0.15) is 0 Å². The van der Waals surface area contributed by atoms with E-state index in [0.29, 0.717) is 17.5 Å². The Bertz CT molecular complexity index is 1210. The van der Waals surface area contributed by atoms with Crippen molar-refractivity contribution in [1.82, 2.24) is 10.3 Å². The van der Waals surface area contributed by atoms with E-state index in [2.05, 4.69) is 83.6 Å². The number of H-pyrrole nitrogens is 1. The Morgan fingerprint density at radius 1 is 0.939 bits per heavy atom. The number of anilines is 1. The van der Waals surface area contributed by atoms with Crippen molar-refractivity contribution in [3.05, 3.63) is 90.0 Å². The number of para-hydroxylation sites is 1. The predicted octanol–water partition coefficient (Wildman–Crippen LogP) is 6.39. The summed E-state index contributed by atoms with van der Waals surface area (Å²) in [7, 11) is 0. The number of nitrogens with zero attached hydrogens (tertiary/aromatic N) is 1. The van der Waals surface area contributed by atoms with Gasteiger partial charge in [0, 0.05) is 47.5 Å². The zero-order chi connectivity index (χ0) is 22.8. The number of benzene rings is 3. The standard InChI is InChI=1S/C29H31N3O/c1-29(2)15-17-32(18-16-29)25-13-11-23(12-14-25)28(33)30-20-21-7-9-22(10-8-21)27-19-24-5-3-4-6-26(24)31-27/h3-14,19,31H,15-18,20H2,1-2H3,(H,30,33). The van der Waals surface area contributed by atoms with Crippen molar-refractivity contribution in [2.75, 3.05) is 18.0 Å². The number of hydrogen-bond acceptors (Lipinski definition) is 2. The maximum Gasteiger partial charge on any atom is 0.251 e. The maximum atomic E-state index is 12.6. The van der Waals surface area contributed by atoms with Crippen molar-refractivity contribution < 1.29 is 4.79 Å². The Labute approximate surface area is 195 Å². The third kappa shape index (κ3) is 4.80. The lowest BCUT2D eigenvalue weighted by Gasteiger charge is -2.38. The highest BCUT2D eigenvalue weighted by molar-refractivity contribution is 5.94. The van der Waals surface area contributed by atoms with Crippen LogP contribution >= 0.6 is 0 Å². The van der Waals surface area contributed by atoms with Gasteiger partial charge >= 0.3 is 0 Å². The summed E-state index contributed by atoms with van der Waals surface area (Å²) in [6.45, 7) is 7.34. The molecule has 1 amide bonds. The van der Waals surface area contributed by atoms with E-state index < -0.39 is 0 Å². The molecule has 0 unspecified atom stereocenters. The Balaban J connectivity index is 1.18. The van der Waals surface area contributed by atoms with Crippen molar-refractivity contribution in [2.45, 2.75) is 33.2 Å². The SMILES string of the molecule is CC1(C)CCN(c2ccc(C(=O)NCc3ccc(-c4cc5ccccc5[nH]4)cc3)cc2)CC1. The van der Waals surface area contributed by atoms with Gasteiger partial charge in [0.2, 0.25) is 0 Å². The zero-order valence-corrected chi connectivity index (χ0v) is 19.4. The molecule has 33 heavy (non-hydrogen) atoms. The first-order valence-electron chi connectivity index (χ1n) is 11.8. The van der Waals surface area contributed by atoms with Crippen LogP contribution in [0, 0.1) is 5.41 Å². The Morgan fingerprint density at radius 2 is 1.64 bits per heavy atom. The maximum absolute atomic E-state index is 12.6. The van der Waals surface area contributed by atoms with Gasteiger partial charge in [0.05, 0.1) is 0 Å². The molecule has 1 aliphatic rings. The van der Waals surface area contributed by atoms with Gasteiger partial charge in [-0.1, -0.05) is 56.3 Å². The largest absolute Gasteiger partial charge is 0.371 e. The van der Waals surface area contributed by atoms with Crippen LogP contribution in [0.25, 0.3) is 22.2 Å². The number of fused-ring (bicyclic) bond motifs is 1. The third-order valence-corrected chi connectivity index (χ3v) is 6.86. The fourth-order valence-corrected chi connectivity index (χ4v) is 4.51. The summed E-state index contributed by atoms with van der Waals surface area (Å²) in [4.78, 5) is 18.5. The van der Waals surface area contributed by atoms with Crippen LogP contribution in [0.2, 0.25) is 0 Å². The summed E-state index contributed by atoms with van der Waals surface area (Å²) in [5, 5.41) is 4.25. The second-order valence-electron chi connectivity index (χ2n) is 9.85. The molecule has 0 radical (unpaired) electrons. The lowest BCUT2D eigenvalue weighted by molar-refractivity contribution is 0.0951. The molecule has 4 aromatic rings. The number of rotatable bonds is 5. The summed E-state index contributed by atoms with van der Waals surface area (Å²) in [5.41, 5.74) is 6.79. The van der Waals surface area contributed by atoms with E-state index in [-0.39, 0.29) is 5.91 Å². The van der Waals surface area contributed by atoms with Gasteiger partial charge < -0.3 is 15.2 Å². The topological polar surface area (TPSA) is 48.1 Å². The van der Waals surface area contributed by atoms with Gasteiger partial charge in [-0.05, 0) is 65.8 Å². The van der Waals surface area contributed by atoms with E-state index in [1.165, 1.54) is 23.9 Å². The fourth-order valence-electron chi connectivity index (χ4n) is 4.51. The van der Waals surface area contributed by atoms with Crippen LogP contribution in [0.4, 0.5) is 5.69 Å². The van der Waals surface area contributed by atoms with Gasteiger partial charge in [-0.3, -0.25) is 4.79 Å². The van der Waals surface area contributed by atoms with Crippen LogP contribution in [0.15, 0.2) is 78.9 Å². The lowest BCUT2D eigenvalue weighted by Crippen LogP contribution is -2.37. The summed E-state index contributed by atoms with van der Waals surface area (Å²) in [6, 6.07) is 26.8. The summed E-state index contributed by atoms with van der Waals surface area (Å²) in [5.74, 6) is -0.0407. The smallest absolute Gasteiger partial charge is 0.251 e. The summed E-state index contributed by atoms with van der Waals surface area (Å²) in [6.07, 6.45) is 2.41. The van der Waals surface area contributed by atoms with Gasteiger partial charge in [-0.15, -0.1) is 0 Å². The van der Waals surface area contributed by atoms with E-state index in [9.17, 15) is 4.79 Å². The van der Waals surface area contributed by atoms with E-state index in [1.807, 2.05) is 24.3 Å². The highest BCUT2D eigenvalue weighted by atomic mass is 16.1. The molecule has 1 aromatic heterocycles. The summed E-state index contributed by atoms with van der Waals surface area (Å²) < 4.78 is 0. The summed E-state index contributed by atoms with van der Waals surface area (Å²) >= 11 is 0. The highest BCUT2D eigenvalue weighted by Crippen LogP contribution is 2.32. The van der Waals surface area contributed by atoms with Crippen LogP contribution in [0.5, 0.6) is 0 Å². The second kappa shape index (κ2) is 8.78. The number of nitrogens with one attached hydrogen (secondary N) is 2. The number of hydrogen-bond donors (Lipinski definition) is 2. The van der Waals surface area contributed by atoms with Crippen molar-refractivity contribution >= 4 is 22.5 Å². The number of amides is 1. The molecule has 2 N–H and O–H groups in total. The molecule has 3 aromatic carbocycles. The highest BCUT2D eigenvalue weighted by Gasteiger charge is 2.25. The molecule has 1 saturated heterocycles. The second-order valence-corrected chi connectivity index (χ2v) is 9.85. The van der Waals surface area contributed by atoms with Crippen LogP contribution < -0.4 is 10.2 Å². The Kier molecular flexibility index (Phi) is 5.67. The molecular weight excluding hydrogens is 406 g/mol. The molecular formula is C29H31N3O. The van der Waals surface area contributed by atoms with E-state index in [4.69, 9.17) is 0 Å². The molecule has 0 spiro atoms. The first-order valence-corrected chi connectivity index (χ1v) is 11.8. The monoisotopic (exact) mass is 437 g/mol. The predicted molar refractivity (Wildman–Crippen MR) is 137 cm³/mol. The number of piperidine rings is 1. The molecule has 4 heteroatoms. The zero-order valence-electron chi connectivity index (χ0n) is 19.4. The van der Waals surface area contributed by atoms with Gasteiger partial charge in [0.25, 0.3) is 5.91 Å². The first-order chi connectivity index (χ1) is 16.0. The quantitative estimate of drug-likeness (QED) is 0.380. The molecule has 2 heterocycles. The van der Waals surface area contributed by atoms with E-state index >= 15 is 0 Å². The number of carbonyl (C=O) groups excluding carboxylic acids is 1. The number of carbonyl (C=O) groups is 1. The van der Waals surface area contributed by atoms with E-state index in [0.717, 1.165) is 35.4 Å². The molecule has 0 atom stereocenters. The molecule has 0 aliphatic carbocycles. The minimum atomic E-state index is -0.0407. The fraction of sp³-hybridized carbons (Fsp3) is 0.276. The normalized spacial score (nSPS) is 15.5. The molecule has 1 aliphatic heterocycles. The van der Waals surface area contributed by atoms with Crippen LogP contribution in [0.1, 0.15) is 42.6 Å². The first kappa shape index (κ1) is 21.3. The Hall–Kier alpha value is -3.53. The van der Waals surface area contributed by atoms with Crippen molar-refractivity contribution in [2.24, 2.45) is 5.41 Å². The van der Waals surface area contributed by atoms with Crippen LogP contribution in [0.3, 0.4) is 0 Å². The molecule has 5 rings (SSSR count).